The molecule has 4 aromatic rings. The van der Waals surface area contributed by atoms with Crippen molar-refractivity contribution in [3.8, 4) is 0 Å². The summed E-state index contributed by atoms with van der Waals surface area (Å²) in [5.74, 6) is -0.720. The highest BCUT2D eigenvalue weighted by molar-refractivity contribution is 7.91. The van der Waals surface area contributed by atoms with E-state index < -0.39 is 15.8 Å². The van der Waals surface area contributed by atoms with Crippen molar-refractivity contribution in [1.29, 1.82) is 0 Å². The summed E-state index contributed by atoms with van der Waals surface area (Å²) in [4.78, 5) is 25.8. The van der Waals surface area contributed by atoms with E-state index >= 15 is 0 Å². The molecule has 29 heavy (non-hydrogen) atoms. The van der Waals surface area contributed by atoms with Gasteiger partial charge in [0.25, 0.3) is 0 Å². The molecule has 0 aliphatic carbocycles. The van der Waals surface area contributed by atoms with Gasteiger partial charge in [-0.1, -0.05) is 30.3 Å². The summed E-state index contributed by atoms with van der Waals surface area (Å²) in [5.41, 5.74) is -0.355. The minimum Gasteiger partial charge on any atom is -0.462 e. The van der Waals surface area contributed by atoms with Gasteiger partial charge >= 0.3 is 5.97 Å². The van der Waals surface area contributed by atoms with E-state index in [1.54, 1.807) is 49.4 Å². The maximum absolute atomic E-state index is 13.1. The fourth-order valence-electron chi connectivity index (χ4n) is 3.16. The number of carbonyl (C=O) groups excluding carboxylic acids is 1. The standard InChI is InChI=1S/C22H16O5S2/c1-2-27-22(24)17-12-15(29(25,26)14-8-4-3-5-9-14)13-19-20(17)21(23)16-10-6-7-11-18(16)28-19/h3-13H,2H2,1H3. The number of esters is 1. The number of benzene rings is 3. The molecule has 146 valence electrons. The van der Waals surface area contributed by atoms with Crippen LogP contribution in [0.1, 0.15) is 17.3 Å². The average molecular weight is 424 g/mol. The van der Waals surface area contributed by atoms with E-state index in [0.29, 0.717) is 14.8 Å². The highest BCUT2D eigenvalue weighted by atomic mass is 32.2. The third kappa shape index (κ3) is 3.32. The number of sulfone groups is 1. The Morgan fingerprint density at radius 1 is 0.931 bits per heavy atom. The van der Waals surface area contributed by atoms with Crippen molar-refractivity contribution in [2.75, 3.05) is 6.61 Å². The Hall–Kier alpha value is -3.03. The summed E-state index contributed by atoms with van der Waals surface area (Å²) in [5, 5.41) is 0.661. The van der Waals surface area contributed by atoms with Gasteiger partial charge in [-0.3, -0.25) is 4.79 Å². The molecular formula is C22H16O5S2. The quantitative estimate of drug-likeness (QED) is 0.358. The molecule has 0 amide bonds. The van der Waals surface area contributed by atoms with Crippen molar-refractivity contribution in [1.82, 2.24) is 0 Å². The van der Waals surface area contributed by atoms with Crippen LogP contribution in [-0.2, 0) is 14.6 Å². The van der Waals surface area contributed by atoms with Gasteiger partial charge in [-0.2, -0.15) is 0 Å². The number of carbonyl (C=O) groups is 1. The predicted octanol–water partition coefficient (Wildman–Crippen LogP) is 4.42. The zero-order valence-electron chi connectivity index (χ0n) is 15.4. The maximum Gasteiger partial charge on any atom is 0.338 e. The van der Waals surface area contributed by atoms with Gasteiger partial charge in [-0.25, -0.2) is 13.2 Å². The number of hydrogen-bond acceptors (Lipinski definition) is 6. The van der Waals surface area contributed by atoms with E-state index in [4.69, 9.17) is 4.74 Å². The Kier molecular flexibility index (Phi) is 4.94. The molecule has 3 aromatic carbocycles. The highest BCUT2D eigenvalue weighted by Crippen LogP contribution is 2.32. The van der Waals surface area contributed by atoms with Gasteiger partial charge in [0.1, 0.15) is 0 Å². The van der Waals surface area contributed by atoms with E-state index in [1.807, 2.05) is 0 Å². The lowest BCUT2D eigenvalue weighted by atomic mass is 10.1. The SMILES string of the molecule is CCOC(=O)c1cc(S(=O)(=O)c2ccccc2)cc2sc3ccccc3c(=O)c12. The first-order valence-electron chi connectivity index (χ1n) is 8.90. The molecule has 0 aliphatic heterocycles. The Balaban J connectivity index is 2.10. The topological polar surface area (TPSA) is 77.5 Å². The molecule has 0 saturated heterocycles. The molecule has 0 unspecified atom stereocenters. The van der Waals surface area contributed by atoms with Gasteiger partial charge < -0.3 is 4.74 Å². The molecular weight excluding hydrogens is 408 g/mol. The molecule has 4 rings (SSSR count). The number of ether oxygens (including phenoxy) is 1. The first kappa shape index (κ1) is 19.3. The molecule has 0 N–H and O–H groups in total. The minimum absolute atomic E-state index is 0.0362. The molecule has 0 radical (unpaired) electrons. The smallest absolute Gasteiger partial charge is 0.338 e. The molecule has 0 aliphatic rings. The Bertz CT molecular complexity index is 1400. The Morgan fingerprint density at radius 3 is 2.34 bits per heavy atom. The van der Waals surface area contributed by atoms with E-state index in [-0.39, 0.29) is 32.8 Å². The van der Waals surface area contributed by atoms with Gasteiger partial charge in [-0.05, 0) is 43.3 Å². The summed E-state index contributed by atoms with van der Waals surface area (Å²) in [6.45, 7) is 1.77. The van der Waals surface area contributed by atoms with Crippen LogP contribution in [0.25, 0.3) is 20.2 Å². The van der Waals surface area contributed by atoms with Crippen LogP contribution >= 0.6 is 11.3 Å². The normalized spacial score (nSPS) is 11.6. The van der Waals surface area contributed by atoms with E-state index in [1.165, 1.54) is 35.6 Å². The molecule has 0 bridgehead atoms. The molecule has 0 atom stereocenters. The third-order valence-electron chi connectivity index (χ3n) is 4.51. The van der Waals surface area contributed by atoms with Crippen molar-refractivity contribution in [3.05, 3.63) is 82.5 Å². The van der Waals surface area contributed by atoms with Crippen molar-refractivity contribution in [2.45, 2.75) is 16.7 Å². The average Bonchev–Trinajstić information content (AvgIpc) is 2.74. The van der Waals surface area contributed by atoms with Crippen LogP contribution in [0.2, 0.25) is 0 Å². The van der Waals surface area contributed by atoms with E-state index in [0.717, 1.165) is 0 Å². The number of hydrogen-bond donors (Lipinski definition) is 0. The third-order valence-corrected chi connectivity index (χ3v) is 7.38. The van der Waals surface area contributed by atoms with Crippen LogP contribution < -0.4 is 5.43 Å². The zero-order chi connectivity index (χ0) is 20.6. The summed E-state index contributed by atoms with van der Waals surface area (Å²) < 4.78 is 32.5. The minimum atomic E-state index is -3.87. The number of fused-ring (bicyclic) bond motifs is 2. The fraction of sp³-hybridized carbons (Fsp3) is 0.0909. The van der Waals surface area contributed by atoms with Gasteiger partial charge in [0.15, 0.2) is 5.43 Å². The largest absolute Gasteiger partial charge is 0.462 e. The first-order chi connectivity index (χ1) is 13.9. The molecule has 0 spiro atoms. The van der Waals surface area contributed by atoms with Crippen molar-refractivity contribution >= 4 is 47.3 Å². The van der Waals surface area contributed by atoms with Crippen molar-refractivity contribution in [2.24, 2.45) is 0 Å². The van der Waals surface area contributed by atoms with Crippen LogP contribution in [-0.4, -0.2) is 21.0 Å². The van der Waals surface area contributed by atoms with Crippen LogP contribution in [0, 0.1) is 0 Å². The van der Waals surface area contributed by atoms with Gasteiger partial charge in [-0.15, -0.1) is 11.3 Å². The van der Waals surface area contributed by atoms with Crippen molar-refractivity contribution < 1.29 is 17.9 Å². The fourth-order valence-corrected chi connectivity index (χ4v) is 5.72. The van der Waals surface area contributed by atoms with Gasteiger partial charge in [0, 0.05) is 14.8 Å². The van der Waals surface area contributed by atoms with E-state index in [9.17, 15) is 18.0 Å². The molecule has 5 nitrogen and oxygen atoms in total. The van der Waals surface area contributed by atoms with Crippen molar-refractivity contribution in [3.63, 3.8) is 0 Å². The molecule has 0 saturated carbocycles. The summed E-state index contributed by atoms with van der Waals surface area (Å²) >= 11 is 1.27. The summed E-state index contributed by atoms with van der Waals surface area (Å²) in [7, 11) is -3.87. The number of rotatable bonds is 4. The molecule has 1 aromatic heterocycles. The lowest BCUT2D eigenvalue weighted by molar-refractivity contribution is 0.0528. The molecule has 0 fully saturated rings. The van der Waals surface area contributed by atoms with Crippen LogP contribution in [0.15, 0.2) is 81.3 Å². The van der Waals surface area contributed by atoms with E-state index in [2.05, 4.69) is 0 Å². The molecule has 7 heteroatoms. The summed E-state index contributed by atoms with van der Waals surface area (Å²) in [6.07, 6.45) is 0. The lowest BCUT2D eigenvalue weighted by Crippen LogP contribution is -2.13. The maximum atomic E-state index is 13.1. The Morgan fingerprint density at radius 2 is 1.62 bits per heavy atom. The van der Waals surface area contributed by atoms with Crippen LogP contribution in [0.4, 0.5) is 0 Å². The molecule has 1 heterocycles. The first-order valence-corrected chi connectivity index (χ1v) is 11.2. The van der Waals surface area contributed by atoms with Crippen LogP contribution in [0.3, 0.4) is 0 Å². The second-order valence-corrected chi connectivity index (χ2v) is 9.34. The second-order valence-electron chi connectivity index (χ2n) is 6.31. The summed E-state index contributed by atoms with van der Waals surface area (Å²) in [6, 6.07) is 17.7. The predicted molar refractivity (Wildman–Crippen MR) is 113 cm³/mol. The van der Waals surface area contributed by atoms with Gasteiger partial charge in [0.05, 0.1) is 27.3 Å². The second kappa shape index (κ2) is 7.42. The lowest BCUT2D eigenvalue weighted by Gasteiger charge is -2.11. The van der Waals surface area contributed by atoms with Gasteiger partial charge in [0.2, 0.25) is 9.84 Å². The Labute approximate surface area is 171 Å². The monoisotopic (exact) mass is 424 g/mol. The van der Waals surface area contributed by atoms with Crippen LogP contribution in [0.5, 0.6) is 0 Å². The highest BCUT2D eigenvalue weighted by Gasteiger charge is 2.24. The zero-order valence-corrected chi connectivity index (χ0v) is 17.0.